The van der Waals surface area contributed by atoms with Crippen molar-refractivity contribution in [3.63, 3.8) is 0 Å². The van der Waals surface area contributed by atoms with E-state index in [1.807, 2.05) is 0 Å². The van der Waals surface area contributed by atoms with Gasteiger partial charge in [0.2, 0.25) is 0 Å². The Labute approximate surface area is 233 Å². The number of nitrogen functional groups attached to an aromatic ring is 1. The highest BCUT2D eigenvalue weighted by molar-refractivity contribution is 6.09. The molecule has 12 heteroatoms. The zero-order chi connectivity index (χ0) is 29.4. The summed E-state index contributed by atoms with van der Waals surface area (Å²) in [4.78, 5) is 33.4. The molecule has 0 atom stereocenters. The van der Waals surface area contributed by atoms with Crippen molar-refractivity contribution in [1.82, 2.24) is 19.9 Å². The fourth-order valence-electron chi connectivity index (χ4n) is 4.83. The molecule has 4 N–H and O–H groups in total. The van der Waals surface area contributed by atoms with Crippen molar-refractivity contribution in [3.05, 3.63) is 66.5 Å². The number of amides is 2. The predicted molar refractivity (Wildman–Crippen MR) is 149 cm³/mol. The van der Waals surface area contributed by atoms with Gasteiger partial charge in [0.15, 0.2) is 0 Å². The summed E-state index contributed by atoms with van der Waals surface area (Å²) < 4.78 is 46.7. The Morgan fingerprint density at radius 1 is 1.12 bits per heavy atom. The lowest BCUT2D eigenvalue weighted by Gasteiger charge is -2.30. The molecule has 41 heavy (non-hydrogen) atoms. The Morgan fingerprint density at radius 3 is 2.44 bits per heavy atom. The Hall–Kier alpha value is -4.87. The molecule has 4 aromatic rings. The maximum atomic E-state index is 13.4. The van der Waals surface area contributed by atoms with Crippen LogP contribution in [0.3, 0.4) is 0 Å². The highest BCUT2D eigenvalue weighted by Crippen LogP contribution is 2.43. The molecule has 0 aliphatic heterocycles. The van der Waals surface area contributed by atoms with Crippen LogP contribution in [0.1, 0.15) is 30.1 Å². The predicted octanol–water partition coefficient (Wildman–Crippen LogP) is 5.23. The molecule has 0 radical (unpaired) electrons. The zero-order valence-electron chi connectivity index (χ0n) is 22.2. The lowest BCUT2D eigenvalue weighted by molar-refractivity contribution is -0.112. The maximum Gasteiger partial charge on any atom is 0.387 e. The van der Waals surface area contributed by atoms with Crippen LogP contribution in [0.4, 0.5) is 24.7 Å². The number of ether oxygens (including phenoxy) is 1. The van der Waals surface area contributed by atoms with Gasteiger partial charge >= 0.3 is 6.61 Å². The van der Waals surface area contributed by atoms with E-state index < -0.39 is 18.7 Å². The monoisotopic (exact) mass is 564 g/mol. The van der Waals surface area contributed by atoms with Crippen molar-refractivity contribution in [2.45, 2.75) is 38.6 Å². The van der Waals surface area contributed by atoms with E-state index in [9.17, 15) is 22.8 Å². The van der Waals surface area contributed by atoms with Gasteiger partial charge in [-0.25, -0.2) is 14.4 Å². The first kappa shape index (κ1) is 27.7. The number of halogens is 3. The summed E-state index contributed by atoms with van der Waals surface area (Å²) in [5.41, 5.74) is 9.86. The Balaban J connectivity index is 1.62. The average molecular weight is 565 g/mol. The highest BCUT2D eigenvalue weighted by Gasteiger charge is 2.31. The summed E-state index contributed by atoms with van der Waals surface area (Å²) in [6.07, 6.45) is 0.669. The first-order valence-electron chi connectivity index (χ1n) is 12.7. The average Bonchev–Trinajstić information content (AvgIpc) is 3.21. The van der Waals surface area contributed by atoms with Crippen LogP contribution in [-0.4, -0.2) is 45.2 Å². The molecule has 2 aromatic heterocycles. The van der Waals surface area contributed by atoms with Crippen LogP contribution in [0, 0.1) is 0 Å². The fraction of sp³-hybridized carbons (Fsp3) is 0.241. The molecule has 1 aliphatic rings. The third kappa shape index (κ3) is 5.45. The van der Waals surface area contributed by atoms with Gasteiger partial charge in [0.1, 0.15) is 29.7 Å². The van der Waals surface area contributed by atoms with E-state index in [-0.39, 0.29) is 41.9 Å². The van der Waals surface area contributed by atoms with Gasteiger partial charge in [0.25, 0.3) is 11.8 Å². The number of nitrogens with one attached hydrogen (secondary N) is 2. The molecule has 1 aliphatic carbocycles. The van der Waals surface area contributed by atoms with Crippen molar-refractivity contribution < 1.29 is 27.5 Å². The number of aryl methyl sites for hydroxylation is 1. The van der Waals surface area contributed by atoms with Crippen molar-refractivity contribution in [1.29, 1.82) is 0 Å². The van der Waals surface area contributed by atoms with Crippen LogP contribution >= 0.6 is 0 Å². The van der Waals surface area contributed by atoms with E-state index in [2.05, 4.69) is 27.2 Å². The molecule has 9 nitrogen and oxygen atoms in total. The van der Waals surface area contributed by atoms with Crippen molar-refractivity contribution in [2.24, 2.45) is 7.05 Å². The minimum atomic E-state index is -3.20. The van der Waals surface area contributed by atoms with Crippen LogP contribution in [0.25, 0.3) is 33.4 Å². The number of benzene rings is 2. The number of nitrogens with two attached hydrogens (primary N) is 1. The molecule has 1 fully saturated rings. The van der Waals surface area contributed by atoms with Crippen molar-refractivity contribution in [3.8, 4) is 28.1 Å². The van der Waals surface area contributed by atoms with E-state index in [4.69, 9.17) is 10.5 Å². The Kier molecular flexibility index (Phi) is 7.40. The number of alkyl halides is 3. The number of anilines is 2. The third-order valence-electron chi connectivity index (χ3n) is 6.95. The fourth-order valence-corrected chi connectivity index (χ4v) is 4.83. The standard InChI is InChI=1S/C29H27F3N6O3/c1-14(2)27(39)36-18-7-4-15(5-8-18)24-22(23-25(33)34-13-35-26(23)38(24)3)16-6-9-20(21(10-16)41-29(31)32)28(40)37-19-11-17(30)12-19/h4-10,13,17,19,29H,1,11-12H2,2-3H3,(H,36,39)(H,37,40)(H2,33,34,35)/t17-,19+. The minimum absolute atomic E-state index is 0.111. The van der Waals surface area contributed by atoms with Gasteiger partial charge < -0.3 is 25.7 Å². The molecular weight excluding hydrogens is 537 g/mol. The number of rotatable bonds is 8. The summed E-state index contributed by atoms with van der Waals surface area (Å²) in [6.45, 7) is 2.04. The molecular formula is C29H27F3N6O3. The highest BCUT2D eigenvalue weighted by atomic mass is 19.3. The number of aromatic nitrogens is 3. The van der Waals surface area contributed by atoms with E-state index in [0.29, 0.717) is 44.7 Å². The third-order valence-corrected chi connectivity index (χ3v) is 6.95. The van der Waals surface area contributed by atoms with Gasteiger partial charge in [0, 0.05) is 29.9 Å². The molecule has 0 unspecified atom stereocenters. The Morgan fingerprint density at radius 2 is 1.80 bits per heavy atom. The SMILES string of the molecule is C=C(C)C(=O)Nc1ccc(-c2c(-c3ccc(C(=O)N[C@H]4C[C@@H](F)C4)c(OC(F)F)c3)c3c(N)ncnc3n2C)cc1. The number of hydrogen-bond acceptors (Lipinski definition) is 6. The van der Waals surface area contributed by atoms with E-state index in [0.717, 1.165) is 0 Å². The Bertz CT molecular complexity index is 1660. The molecule has 5 rings (SSSR count). The molecule has 0 spiro atoms. The van der Waals surface area contributed by atoms with E-state index >= 15 is 0 Å². The van der Waals surface area contributed by atoms with Crippen LogP contribution in [0.15, 0.2) is 60.9 Å². The van der Waals surface area contributed by atoms with Crippen molar-refractivity contribution in [2.75, 3.05) is 11.1 Å². The molecule has 2 aromatic carbocycles. The van der Waals surface area contributed by atoms with Gasteiger partial charge in [-0.3, -0.25) is 9.59 Å². The number of fused-ring (bicyclic) bond motifs is 1. The molecule has 2 heterocycles. The maximum absolute atomic E-state index is 13.4. The minimum Gasteiger partial charge on any atom is -0.434 e. The molecule has 1 saturated carbocycles. The number of carbonyl (C=O) groups is 2. The first-order valence-corrected chi connectivity index (χ1v) is 12.7. The summed E-state index contributed by atoms with van der Waals surface area (Å²) in [7, 11) is 1.78. The lowest BCUT2D eigenvalue weighted by atomic mass is 9.90. The quantitative estimate of drug-likeness (QED) is 0.252. The molecule has 0 bridgehead atoms. The summed E-state index contributed by atoms with van der Waals surface area (Å²) in [5, 5.41) is 5.89. The van der Waals surface area contributed by atoms with Crippen molar-refractivity contribution >= 4 is 34.4 Å². The van der Waals surface area contributed by atoms with Gasteiger partial charge in [-0.05, 0) is 55.2 Å². The normalized spacial score (nSPS) is 16.3. The smallest absolute Gasteiger partial charge is 0.387 e. The zero-order valence-corrected chi connectivity index (χ0v) is 22.2. The lowest BCUT2D eigenvalue weighted by Crippen LogP contribution is -2.45. The number of nitrogens with zero attached hydrogens (tertiary/aromatic N) is 3. The number of carbonyl (C=O) groups excluding carboxylic acids is 2. The topological polar surface area (TPSA) is 124 Å². The van der Waals surface area contributed by atoms with Crippen LogP contribution in [0.2, 0.25) is 0 Å². The number of hydrogen-bond donors (Lipinski definition) is 3. The second kappa shape index (κ2) is 11.0. The van der Waals surface area contributed by atoms with Crippen LogP contribution < -0.4 is 21.1 Å². The van der Waals surface area contributed by atoms with Gasteiger partial charge in [-0.15, -0.1) is 0 Å². The summed E-state index contributed by atoms with van der Waals surface area (Å²) in [5.74, 6) is -1.13. The second-order valence-corrected chi connectivity index (χ2v) is 9.88. The largest absolute Gasteiger partial charge is 0.434 e. The molecule has 212 valence electrons. The van der Waals surface area contributed by atoms with Gasteiger partial charge in [-0.2, -0.15) is 8.78 Å². The van der Waals surface area contributed by atoms with Crippen LogP contribution in [0.5, 0.6) is 5.75 Å². The van der Waals surface area contributed by atoms with Gasteiger partial charge in [-0.1, -0.05) is 24.8 Å². The molecule has 0 saturated heterocycles. The first-order chi connectivity index (χ1) is 19.5. The van der Waals surface area contributed by atoms with E-state index in [1.54, 1.807) is 48.9 Å². The summed E-state index contributed by atoms with van der Waals surface area (Å²) in [6, 6.07) is 10.9. The molecule has 2 amide bonds. The van der Waals surface area contributed by atoms with Crippen LogP contribution in [-0.2, 0) is 11.8 Å². The second-order valence-electron chi connectivity index (χ2n) is 9.88. The van der Waals surface area contributed by atoms with Gasteiger partial charge in [0.05, 0.1) is 16.6 Å². The summed E-state index contributed by atoms with van der Waals surface area (Å²) >= 11 is 0. The van der Waals surface area contributed by atoms with E-state index in [1.165, 1.54) is 18.5 Å².